The number of aromatic nitrogens is 2. The third kappa shape index (κ3) is 2.27. The van der Waals surface area contributed by atoms with Gasteiger partial charge in [-0.25, -0.2) is 9.78 Å². The van der Waals surface area contributed by atoms with Crippen LogP contribution in [0.15, 0.2) is 34.4 Å². The molecule has 0 atom stereocenters. The number of fused-ring (bicyclic) bond motifs is 2. The molecular weight excluding hydrogens is 324 g/mol. The normalized spacial score (nSPS) is 15.1. The lowest BCUT2D eigenvalue weighted by Gasteiger charge is -2.06. The van der Waals surface area contributed by atoms with Gasteiger partial charge in [-0.2, -0.15) is 0 Å². The second-order valence-corrected chi connectivity index (χ2v) is 6.76. The van der Waals surface area contributed by atoms with E-state index in [1.807, 2.05) is 5.38 Å². The molecule has 2 aromatic heterocycles. The van der Waals surface area contributed by atoms with Crippen LogP contribution in [-0.4, -0.2) is 20.6 Å². The number of rotatable bonds is 2. The summed E-state index contributed by atoms with van der Waals surface area (Å²) < 4.78 is 1.68. The summed E-state index contributed by atoms with van der Waals surface area (Å²) in [6.07, 6.45) is 2.83. The van der Waals surface area contributed by atoms with Crippen molar-refractivity contribution < 1.29 is 9.90 Å². The molecule has 1 aliphatic heterocycles. The fraction of sp³-hybridized carbons (Fsp3) is 0.167. The van der Waals surface area contributed by atoms with Crippen molar-refractivity contribution >= 4 is 39.9 Å². The number of thiophene rings is 1. The first kappa shape index (κ1) is 14.8. The highest BCUT2D eigenvalue weighted by atomic mass is 32.1. The predicted molar refractivity (Wildman–Crippen MR) is 94.5 cm³/mol. The number of carboxylic acid groups (broad SMARTS) is 1. The van der Waals surface area contributed by atoms with Gasteiger partial charge in [0.2, 0.25) is 0 Å². The zero-order valence-corrected chi connectivity index (χ0v) is 13.8. The van der Waals surface area contributed by atoms with Gasteiger partial charge in [0.1, 0.15) is 5.82 Å². The van der Waals surface area contributed by atoms with E-state index in [9.17, 15) is 9.59 Å². The zero-order chi connectivity index (χ0) is 16.8. The number of aromatic carboxylic acids is 1. The van der Waals surface area contributed by atoms with Crippen LogP contribution in [-0.2, 0) is 6.54 Å². The highest BCUT2D eigenvalue weighted by Gasteiger charge is 2.21. The highest BCUT2D eigenvalue weighted by Crippen LogP contribution is 2.30. The molecule has 4 rings (SSSR count). The molecule has 0 aliphatic carbocycles. The van der Waals surface area contributed by atoms with E-state index in [0.717, 1.165) is 16.9 Å². The van der Waals surface area contributed by atoms with E-state index in [1.165, 1.54) is 17.7 Å². The van der Waals surface area contributed by atoms with Gasteiger partial charge in [0.25, 0.3) is 5.56 Å². The lowest BCUT2D eigenvalue weighted by Crippen LogP contribution is -2.20. The van der Waals surface area contributed by atoms with E-state index >= 15 is 0 Å². The van der Waals surface area contributed by atoms with E-state index in [0.29, 0.717) is 23.3 Å². The number of benzene rings is 1. The monoisotopic (exact) mass is 338 g/mol. The van der Waals surface area contributed by atoms with Crippen LogP contribution in [0.25, 0.3) is 22.6 Å². The fourth-order valence-electron chi connectivity index (χ4n) is 2.98. The maximum Gasteiger partial charge on any atom is 0.335 e. The summed E-state index contributed by atoms with van der Waals surface area (Å²) in [5, 5.41) is 11.6. The van der Waals surface area contributed by atoms with Crippen LogP contribution in [0.1, 0.15) is 33.0 Å². The van der Waals surface area contributed by atoms with Crippen molar-refractivity contribution in [2.45, 2.75) is 19.9 Å². The summed E-state index contributed by atoms with van der Waals surface area (Å²) in [6.45, 7) is 2.66. The second-order valence-electron chi connectivity index (χ2n) is 5.82. The lowest BCUT2D eigenvalue weighted by molar-refractivity contribution is 0.0697. The Labute approximate surface area is 141 Å². The van der Waals surface area contributed by atoms with Gasteiger partial charge in [-0.1, -0.05) is 0 Å². The molecule has 0 spiro atoms. The Morgan fingerprint density at radius 3 is 2.92 bits per heavy atom. The van der Waals surface area contributed by atoms with Crippen LogP contribution in [0.3, 0.4) is 0 Å². The Morgan fingerprint density at radius 2 is 2.21 bits per heavy atom. The Bertz CT molecular complexity index is 1080. The number of nitrogens with zero attached hydrogens (tertiary/aromatic N) is 2. The quantitative estimate of drug-likeness (QED) is 0.777. The summed E-state index contributed by atoms with van der Waals surface area (Å²) in [4.78, 5) is 29.6. The van der Waals surface area contributed by atoms with Gasteiger partial charge in [-0.3, -0.25) is 9.36 Å². The van der Waals surface area contributed by atoms with E-state index in [4.69, 9.17) is 5.11 Å². The highest BCUT2D eigenvalue weighted by molar-refractivity contribution is 7.11. The van der Waals surface area contributed by atoms with Gasteiger partial charge >= 0.3 is 5.97 Å². The molecule has 120 valence electrons. The number of allylic oxidation sites excluding steroid dienone is 1. The lowest BCUT2D eigenvalue weighted by atomic mass is 10.1. The number of carbonyl (C=O) groups is 1. The van der Waals surface area contributed by atoms with E-state index in [1.54, 1.807) is 22.0 Å². The van der Waals surface area contributed by atoms with Crippen molar-refractivity contribution in [1.29, 1.82) is 0 Å². The molecule has 3 heterocycles. The molecule has 0 unspecified atom stereocenters. The Balaban J connectivity index is 1.93. The van der Waals surface area contributed by atoms with Gasteiger partial charge in [-0.05, 0) is 60.2 Å². The van der Waals surface area contributed by atoms with Crippen LogP contribution in [0.4, 0.5) is 0 Å². The van der Waals surface area contributed by atoms with Crippen molar-refractivity contribution in [3.05, 3.63) is 61.8 Å². The zero-order valence-electron chi connectivity index (χ0n) is 12.9. The SMILES string of the molecule is Cc1ccsc1/C=C1\CCn2c1nc1cc(C(=O)O)ccc1c2=O. The fourth-order valence-corrected chi connectivity index (χ4v) is 3.86. The van der Waals surface area contributed by atoms with Crippen molar-refractivity contribution in [3.63, 3.8) is 0 Å². The minimum Gasteiger partial charge on any atom is -0.478 e. The number of hydrogen-bond donors (Lipinski definition) is 1. The van der Waals surface area contributed by atoms with Gasteiger partial charge in [0.05, 0.1) is 16.5 Å². The molecule has 1 aromatic carbocycles. The largest absolute Gasteiger partial charge is 0.478 e. The Morgan fingerprint density at radius 1 is 1.38 bits per heavy atom. The number of hydrogen-bond acceptors (Lipinski definition) is 4. The molecule has 6 heteroatoms. The molecule has 24 heavy (non-hydrogen) atoms. The van der Waals surface area contributed by atoms with Gasteiger partial charge in [-0.15, -0.1) is 11.3 Å². The number of carboxylic acids is 1. The van der Waals surface area contributed by atoms with Gasteiger partial charge in [0, 0.05) is 11.4 Å². The van der Waals surface area contributed by atoms with E-state index in [-0.39, 0.29) is 11.1 Å². The van der Waals surface area contributed by atoms with Gasteiger partial charge < -0.3 is 5.11 Å². The Hall–Kier alpha value is -2.73. The van der Waals surface area contributed by atoms with Crippen molar-refractivity contribution in [2.24, 2.45) is 0 Å². The maximum atomic E-state index is 12.7. The summed E-state index contributed by atoms with van der Waals surface area (Å²) in [7, 11) is 0. The van der Waals surface area contributed by atoms with Crippen LogP contribution >= 0.6 is 11.3 Å². The average Bonchev–Trinajstić information content (AvgIpc) is 3.15. The third-order valence-corrected chi connectivity index (χ3v) is 5.27. The minimum absolute atomic E-state index is 0.113. The van der Waals surface area contributed by atoms with E-state index in [2.05, 4.69) is 24.1 Å². The summed E-state index contributed by atoms with van der Waals surface area (Å²) >= 11 is 1.66. The molecule has 0 radical (unpaired) electrons. The Kier molecular flexibility index (Phi) is 3.35. The molecule has 0 fully saturated rings. The van der Waals surface area contributed by atoms with Crippen LogP contribution < -0.4 is 5.56 Å². The summed E-state index contributed by atoms with van der Waals surface area (Å²) in [5.74, 6) is -0.382. The summed E-state index contributed by atoms with van der Waals surface area (Å²) in [6, 6.07) is 6.52. The second kappa shape index (κ2) is 5.42. The molecule has 1 N–H and O–H groups in total. The van der Waals surface area contributed by atoms with Crippen LogP contribution in [0.2, 0.25) is 0 Å². The summed E-state index contributed by atoms with van der Waals surface area (Å²) in [5.41, 5.74) is 2.67. The standard InChI is InChI=1S/C18H14N2O3S/c1-10-5-7-24-15(10)9-11-4-6-20-16(11)19-14-8-12(18(22)23)2-3-13(14)17(20)21/h2-3,5,7-9H,4,6H2,1H3,(H,22,23)/b11-9+. The van der Waals surface area contributed by atoms with Crippen LogP contribution in [0.5, 0.6) is 0 Å². The van der Waals surface area contributed by atoms with Gasteiger partial charge in [0.15, 0.2) is 0 Å². The molecule has 0 bridgehead atoms. The number of aryl methyl sites for hydroxylation is 1. The first-order chi connectivity index (χ1) is 11.5. The van der Waals surface area contributed by atoms with Crippen molar-refractivity contribution in [1.82, 2.24) is 9.55 Å². The molecule has 0 amide bonds. The minimum atomic E-state index is -1.02. The molecular formula is C18H14N2O3S. The first-order valence-corrected chi connectivity index (χ1v) is 8.45. The van der Waals surface area contributed by atoms with Crippen molar-refractivity contribution in [3.8, 4) is 0 Å². The topological polar surface area (TPSA) is 72.2 Å². The smallest absolute Gasteiger partial charge is 0.335 e. The molecule has 0 saturated heterocycles. The first-order valence-electron chi connectivity index (χ1n) is 7.57. The maximum absolute atomic E-state index is 12.7. The van der Waals surface area contributed by atoms with E-state index < -0.39 is 5.97 Å². The predicted octanol–water partition coefficient (Wildman–Crippen LogP) is 3.41. The molecule has 0 saturated carbocycles. The molecule has 5 nitrogen and oxygen atoms in total. The van der Waals surface area contributed by atoms with Crippen LogP contribution in [0, 0.1) is 6.92 Å². The molecule has 1 aliphatic rings. The third-order valence-electron chi connectivity index (χ3n) is 4.30. The van der Waals surface area contributed by atoms with Crippen molar-refractivity contribution in [2.75, 3.05) is 0 Å². The molecule has 3 aromatic rings. The average molecular weight is 338 g/mol.